The highest BCUT2D eigenvalue weighted by atomic mass is 32.2. The quantitative estimate of drug-likeness (QED) is 0.296. The Morgan fingerprint density at radius 2 is 1.89 bits per heavy atom. The summed E-state index contributed by atoms with van der Waals surface area (Å²) >= 11 is 0.906. The van der Waals surface area contributed by atoms with E-state index < -0.39 is 70.1 Å². The fourth-order valence-electron chi connectivity index (χ4n) is 5.69. The van der Waals surface area contributed by atoms with Crippen molar-refractivity contribution in [2.45, 2.75) is 66.5 Å². The predicted molar refractivity (Wildman–Crippen MR) is 158 cm³/mol. The maximum absolute atomic E-state index is 14.0. The Labute approximate surface area is 261 Å². The van der Waals surface area contributed by atoms with Gasteiger partial charge in [0.15, 0.2) is 17.5 Å². The lowest BCUT2D eigenvalue weighted by Gasteiger charge is -2.47. The van der Waals surface area contributed by atoms with Gasteiger partial charge in [-0.2, -0.15) is 5.10 Å². The topological polar surface area (TPSA) is 139 Å². The summed E-state index contributed by atoms with van der Waals surface area (Å²) in [4.78, 5) is 19.6. The van der Waals surface area contributed by atoms with Crippen LogP contribution in [0.2, 0.25) is 0 Å². The normalized spacial score (nSPS) is 26.3. The fourth-order valence-corrected chi connectivity index (χ4v) is 7.24. The third-order valence-electron chi connectivity index (χ3n) is 8.22. The summed E-state index contributed by atoms with van der Waals surface area (Å²) in [5.41, 5.74) is -2.49. The zero-order valence-electron chi connectivity index (χ0n) is 24.8. The lowest BCUT2D eigenvalue weighted by Crippen LogP contribution is -2.60. The lowest BCUT2D eigenvalue weighted by atomic mass is 9.89. The van der Waals surface area contributed by atoms with Gasteiger partial charge in [0.25, 0.3) is 0 Å². The van der Waals surface area contributed by atoms with Crippen LogP contribution in [0.1, 0.15) is 25.8 Å². The van der Waals surface area contributed by atoms with E-state index in [0.717, 1.165) is 23.9 Å². The third-order valence-corrected chi connectivity index (χ3v) is 9.79. The van der Waals surface area contributed by atoms with E-state index in [9.17, 15) is 33.3 Å². The zero-order chi connectivity index (χ0) is 32.5. The number of aliphatic hydroxyl groups excluding tert-OH is 2. The molecule has 1 aromatic carbocycles. The molecule has 0 spiro atoms. The van der Waals surface area contributed by atoms with Crippen LogP contribution in [0.5, 0.6) is 0 Å². The molecule has 2 aliphatic rings. The molecule has 4 heterocycles. The molecule has 5 rings (SSSR count). The van der Waals surface area contributed by atoms with Gasteiger partial charge in [-0.3, -0.25) is 14.4 Å². The molecule has 2 saturated heterocycles. The number of thioether (sulfide) groups is 1. The number of anilines is 1. The van der Waals surface area contributed by atoms with Crippen molar-refractivity contribution >= 4 is 23.5 Å². The van der Waals surface area contributed by atoms with E-state index in [1.54, 1.807) is 18.2 Å². The molecule has 244 valence electrons. The first-order valence-electron chi connectivity index (χ1n) is 14.3. The van der Waals surface area contributed by atoms with Crippen molar-refractivity contribution in [3.8, 4) is 11.1 Å². The number of carbonyl (C=O) groups is 1. The number of nitrogens with zero attached hydrogens (tertiary/aromatic N) is 4. The number of amides is 1. The minimum absolute atomic E-state index is 0.0103. The summed E-state index contributed by atoms with van der Waals surface area (Å²) in [5, 5.41) is 37.4. The van der Waals surface area contributed by atoms with Crippen LogP contribution in [0.15, 0.2) is 48.9 Å². The molecule has 3 N–H and O–H groups in total. The Morgan fingerprint density at radius 1 is 1.20 bits per heavy atom. The van der Waals surface area contributed by atoms with E-state index in [1.807, 2.05) is 0 Å². The lowest BCUT2D eigenvalue weighted by molar-refractivity contribution is -0.202. The SMILES string of the molecule is CO[C@H]1C(C(C)O)O[C@@H](S[C@H](C(=O)N(C)c2ccccn2)C2(O)CCOCC2)C(O)C1n1cc(-c2cc(F)c(F)c(F)c2)cn1. The molecule has 4 unspecified atom stereocenters. The van der Waals surface area contributed by atoms with Crippen molar-refractivity contribution in [3.05, 3.63) is 66.4 Å². The minimum atomic E-state index is -1.60. The number of aromatic nitrogens is 3. The molecule has 0 aliphatic carbocycles. The largest absolute Gasteiger partial charge is 0.391 e. The van der Waals surface area contributed by atoms with Crippen molar-refractivity contribution in [2.75, 3.05) is 32.3 Å². The Kier molecular flexibility index (Phi) is 10.2. The second kappa shape index (κ2) is 13.7. The van der Waals surface area contributed by atoms with Gasteiger partial charge in [0.2, 0.25) is 5.91 Å². The zero-order valence-corrected chi connectivity index (χ0v) is 25.6. The maximum atomic E-state index is 14.0. The van der Waals surface area contributed by atoms with Gasteiger partial charge in [0, 0.05) is 58.2 Å². The van der Waals surface area contributed by atoms with Crippen LogP contribution in [0.3, 0.4) is 0 Å². The molecule has 0 saturated carbocycles. The summed E-state index contributed by atoms with van der Waals surface area (Å²) in [6.45, 7) is 1.91. The molecule has 2 aliphatic heterocycles. The van der Waals surface area contributed by atoms with Crippen LogP contribution in [-0.2, 0) is 19.0 Å². The van der Waals surface area contributed by atoms with Crippen molar-refractivity contribution in [1.82, 2.24) is 14.8 Å². The van der Waals surface area contributed by atoms with Crippen LogP contribution in [0.4, 0.5) is 19.0 Å². The van der Waals surface area contributed by atoms with Gasteiger partial charge in [0.1, 0.15) is 40.9 Å². The number of carbonyl (C=O) groups excluding carboxylic acids is 1. The number of pyridine rings is 1. The van der Waals surface area contributed by atoms with Gasteiger partial charge in [0.05, 0.1) is 17.9 Å². The van der Waals surface area contributed by atoms with Crippen LogP contribution >= 0.6 is 11.8 Å². The smallest absolute Gasteiger partial charge is 0.244 e. The molecular formula is C30H35F3N4O7S. The number of methoxy groups -OCH3 is 1. The second-order valence-corrected chi connectivity index (χ2v) is 12.4. The van der Waals surface area contributed by atoms with Crippen LogP contribution < -0.4 is 4.90 Å². The first-order valence-corrected chi connectivity index (χ1v) is 15.3. The van der Waals surface area contributed by atoms with E-state index in [2.05, 4.69) is 10.1 Å². The van der Waals surface area contributed by atoms with Crippen LogP contribution in [0.25, 0.3) is 11.1 Å². The van der Waals surface area contributed by atoms with Crippen LogP contribution in [-0.4, -0.2) is 104 Å². The highest BCUT2D eigenvalue weighted by molar-refractivity contribution is 8.01. The molecule has 2 aromatic heterocycles. The highest BCUT2D eigenvalue weighted by Gasteiger charge is 2.53. The molecule has 0 radical (unpaired) electrons. The van der Waals surface area contributed by atoms with Gasteiger partial charge in [-0.15, -0.1) is 11.8 Å². The standard InChI is InChI=1S/C30H35F3N4O7S/c1-16(38)25-26(42-3)23(37-15-18(14-35-37)17-12-19(31)22(33)20(32)13-17)24(39)29(44-25)45-27(30(41)7-10-43-11-8-30)28(40)36(2)21-6-4-5-9-34-21/h4-6,9,12-16,23-27,29,38-39,41H,7-8,10-11H2,1-3H3/t16?,23?,24?,25?,26-,27-,29+/m1/s1. The van der Waals surface area contributed by atoms with E-state index in [0.29, 0.717) is 5.82 Å². The van der Waals surface area contributed by atoms with Crippen molar-refractivity contribution in [3.63, 3.8) is 0 Å². The summed E-state index contributed by atoms with van der Waals surface area (Å²) in [7, 11) is 2.90. The van der Waals surface area contributed by atoms with Gasteiger partial charge in [-0.1, -0.05) is 6.07 Å². The minimum Gasteiger partial charge on any atom is -0.391 e. The van der Waals surface area contributed by atoms with E-state index in [1.165, 1.54) is 49.3 Å². The first kappa shape index (κ1) is 33.3. The number of halogens is 3. The van der Waals surface area contributed by atoms with E-state index in [4.69, 9.17) is 14.2 Å². The Bertz CT molecular complexity index is 1450. The Balaban J connectivity index is 1.50. The Morgan fingerprint density at radius 3 is 2.49 bits per heavy atom. The first-order chi connectivity index (χ1) is 21.4. The molecule has 11 nitrogen and oxygen atoms in total. The van der Waals surface area contributed by atoms with Crippen molar-refractivity contribution in [1.29, 1.82) is 0 Å². The van der Waals surface area contributed by atoms with Gasteiger partial charge in [-0.25, -0.2) is 18.2 Å². The van der Waals surface area contributed by atoms with Crippen molar-refractivity contribution < 1.29 is 47.5 Å². The van der Waals surface area contributed by atoms with Gasteiger partial charge in [-0.05, 0) is 36.8 Å². The molecule has 7 atom stereocenters. The number of aliphatic hydroxyl groups is 3. The molecule has 45 heavy (non-hydrogen) atoms. The molecule has 0 bridgehead atoms. The number of hydrogen-bond acceptors (Lipinski definition) is 10. The molecule has 2 fully saturated rings. The summed E-state index contributed by atoms with van der Waals surface area (Å²) in [6, 6.07) is 5.71. The fraction of sp³-hybridized carbons (Fsp3) is 0.500. The third kappa shape index (κ3) is 6.75. The Hall–Kier alpha value is -3.05. The second-order valence-electron chi connectivity index (χ2n) is 11.2. The average molecular weight is 653 g/mol. The van der Waals surface area contributed by atoms with Crippen LogP contribution in [0, 0.1) is 17.5 Å². The van der Waals surface area contributed by atoms with E-state index >= 15 is 0 Å². The monoisotopic (exact) mass is 652 g/mol. The van der Waals surface area contributed by atoms with Crippen molar-refractivity contribution in [2.24, 2.45) is 0 Å². The summed E-state index contributed by atoms with van der Waals surface area (Å²) in [5.74, 6) is -4.48. The van der Waals surface area contributed by atoms with Gasteiger partial charge < -0.3 is 29.5 Å². The number of hydrogen-bond donors (Lipinski definition) is 3. The average Bonchev–Trinajstić information content (AvgIpc) is 3.52. The van der Waals surface area contributed by atoms with E-state index in [-0.39, 0.29) is 37.2 Å². The number of benzene rings is 1. The highest BCUT2D eigenvalue weighted by Crippen LogP contribution is 2.43. The molecule has 15 heteroatoms. The predicted octanol–water partition coefficient (Wildman–Crippen LogP) is 2.69. The molecular weight excluding hydrogens is 617 g/mol. The maximum Gasteiger partial charge on any atom is 0.244 e. The summed E-state index contributed by atoms with van der Waals surface area (Å²) < 4.78 is 60.2. The molecule has 3 aromatic rings. The number of rotatable bonds is 9. The summed E-state index contributed by atoms with van der Waals surface area (Å²) in [6.07, 6.45) is -0.0113. The number of ether oxygens (including phenoxy) is 3. The molecule has 1 amide bonds. The van der Waals surface area contributed by atoms with Gasteiger partial charge >= 0.3 is 0 Å².